The fourth-order valence-corrected chi connectivity index (χ4v) is 6.86. The Labute approximate surface area is 273 Å². The van der Waals surface area contributed by atoms with Gasteiger partial charge in [0.15, 0.2) is 5.82 Å². The van der Waals surface area contributed by atoms with Crippen molar-refractivity contribution in [1.29, 1.82) is 0 Å². The Hall–Kier alpha value is -5.21. The van der Waals surface area contributed by atoms with Crippen molar-refractivity contribution < 1.29 is 9.53 Å². The number of carbonyl (C=O) groups is 1. The summed E-state index contributed by atoms with van der Waals surface area (Å²) in [5, 5.41) is 21.7. The maximum absolute atomic E-state index is 13.1. The maximum Gasteiger partial charge on any atom is 0.346 e. The number of methoxy groups -OCH3 is 1. The predicted molar refractivity (Wildman–Crippen MR) is 174 cm³/mol. The van der Waals surface area contributed by atoms with E-state index in [-0.39, 0.29) is 17.7 Å². The van der Waals surface area contributed by atoms with Crippen LogP contribution in [-0.4, -0.2) is 71.0 Å². The summed E-state index contributed by atoms with van der Waals surface area (Å²) in [6.07, 6.45) is 1.85. The largest absolute Gasteiger partial charge is 0.481 e. The van der Waals surface area contributed by atoms with Crippen molar-refractivity contribution in [2.75, 3.05) is 25.5 Å². The second-order valence-electron chi connectivity index (χ2n) is 11.8. The summed E-state index contributed by atoms with van der Waals surface area (Å²) in [6, 6.07) is 13.5. The van der Waals surface area contributed by atoms with Gasteiger partial charge in [-0.05, 0) is 48.6 Å². The zero-order valence-corrected chi connectivity index (χ0v) is 26.9. The molecule has 0 bridgehead atoms. The van der Waals surface area contributed by atoms with E-state index in [1.807, 2.05) is 31.2 Å². The zero-order valence-electron chi connectivity index (χ0n) is 26.1. The lowest BCUT2D eigenvalue weighted by Gasteiger charge is -2.42. The lowest BCUT2D eigenvalue weighted by Crippen LogP contribution is -2.46. The maximum atomic E-state index is 13.1. The second-order valence-corrected chi connectivity index (χ2v) is 12.2. The van der Waals surface area contributed by atoms with Gasteiger partial charge in [0.05, 0.1) is 17.8 Å². The van der Waals surface area contributed by atoms with Crippen molar-refractivity contribution in [2.45, 2.75) is 31.7 Å². The first-order valence-electron chi connectivity index (χ1n) is 15.1. The molecule has 1 saturated heterocycles. The van der Waals surface area contributed by atoms with Crippen molar-refractivity contribution in [3.8, 4) is 28.3 Å². The van der Waals surface area contributed by atoms with Crippen molar-refractivity contribution >= 4 is 23.2 Å². The Bertz CT molecular complexity index is 2150. The third kappa shape index (κ3) is 5.19. The van der Waals surface area contributed by atoms with Gasteiger partial charge in [-0.3, -0.25) is 19.1 Å². The number of nitrogens with zero attached hydrogens (tertiary/aromatic N) is 8. The van der Waals surface area contributed by atoms with Crippen LogP contribution in [0.3, 0.4) is 0 Å². The van der Waals surface area contributed by atoms with Crippen molar-refractivity contribution in [2.24, 2.45) is 14.1 Å². The highest BCUT2D eigenvalue weighted by atomic mass is 35.5. The standard InChI is InChI=1S/C32H31ClN10O4/c1-16-19(7-6-10-22(16)34-29(44)27-31(45)41(2)32(46)42(3)38-27)20-8-5-9-21(26(20)33)23-13-17-11-12-24(25(17)30(35-23)47-4)43-14-18(15-43)28-36-39-40-37-28/h5-10,13,18,24H,11-12,14-15H2,1-4H3,(H,34,44)(H,36,37,39,40). The van der Waals surface area contributed by atoms with Crippen LogP contribution in [0.1, 0.15) is 51.4 Å². The lowest BCUT2D eigenvalue weighted by atomic mass is 9.94. The van der Waals surface area contributed by atoms with Gasteiger partial charge in [-0.2, -0.15) is 10.3 Å². The number of pyridine rings is 1. The number of nitrogens with one attached hydrogen (secondary N) is 2. The summed E-state index contributed by atoms with van der Waals surface area (Å²) in [5.74, 6) is 0.858. The number of anilines is 1. The van der Waals surface area contributed by atoms with E-state index in [0.29, 0.717) is 22.3 Å². The van der Waals surface area contributed by atoms with Crippen molar-refractivity contribution in [1.82, 2.24) is 44.9 Å². The number of hydrogen-bond acceptors (Lipinski definition) is 10. The molecule has 3 aromatic heterocycles. The number of H-pyrrole nitrogens is 1. The summed E-state index contributed by atoms with van der Waals surface area (Å²) < 4.78 is 7.65. The van der Waals surface area contributed by atoms with Gasteiger partial charge >= 0.3 is 5.69 Å². The van der Waals surface area contributed by atoms with E-state index in [1.165, 1.54) is 19.7 Å². The highest BCUT2D eigenvalue weighted by Gasteiger charge is 2.40. The summed E-state index contributed by atoms with van der Waals surface area (Å²) >= 11 is 7.11. The van der Waals surface area contributed by atoms with E-state index in [4.69, 9.17) is 21.3 Å². The molecule has 2 aromatic carbocycles. The number of aromatic nitrogens is 8. The molecule has 2 N–H and O–H groups in total. The minimum absolute atomic E-state index is 0.197. The SMILES string of the molecule is COc1nc(-c2cccc(-c3cccc(NC(=O)c4nn(C)c(=O)n(C)c4=O)c3C)c2Cl)cc2c1C(N1CC(c3nn[nH]n3)C1)CC2. The predicted octanol–water partition coefficient (Wildman–Crippen LogP) is 3.03. The van der Waals surface area contributed by atoms with E-state index in [1.54, 1.807) is 19.2 Å². The van der Waals surface area contributed by atoms with Crippen molar-refractivity contribution in [3.05, 3.63) is 96.5 Å². The molecule has 1 aliphatic carbocycles. The number of hydrogen-bond donors (Lipinski definition) is 2. The van der Waals surface area contributed by atoms with Crippen LogP contribution in [0, 0.1) is 6.92 Å². The number of ether oxygens (including phenoxy) is 1. The van der Waals surface area contributed by atoms with Gasteiger partial charge in [-0.15, -0.1) is 10.2 Å². The molecule has 7 rings (SSSR count). The average molecular weight is 655 g/mol. The van der Waals surface area contributed by atoms with Crippen LogP contribution in [0.2, 0.25) is 5.02 Å². The Kier molecular flexibility index (Phi) is 7.68. The molecule has 47 heavy (non-hydrogen) atoms. The van der Waals surface area contributed by atoms with Crippen LogP contribution in [0.4, 0.5) is 5.69 Å². The monoisotopic (exact) mass is 654 g/mol. The Morgan fingerprint density at radius 3 is 2.57 bits per heavy atom. The number of benzene rings is 2. The molecule has 15 heteroatoms. The number of rotatable bonds is 7. The van der Waals surface area contributed by atoms with Gasteiger partial charge in [0.25, 0.3) is 11.5 Å². The highest BCUT2D eigenvalue weighted by Crippen LogP contribution is 2.47. The number of carbonyl (C=O) groups excluding carboxylic acids is 1. The molecule has 5 aromatic rings. The van der Waals surface area contributed by atoms with Crippen molar-refractivity contribution in [3.63, 3.8) is 0 Å². The van der Waals surface area contributed by atoms with Gasteiger partial charge in [0.2, 0.25) is 11.6 Å². The first-order valence-corrected chi connectivity index (χ1v) is 15.4. The van der Waals surface area contributed by atoms with Crippen LogP contribution in [0.5, 0.6) is 5.88 Å². The topological polar surface area (TPSA) is 166 Å². The Balaban J connectivity index is 1.18. The summed E-state index contributed by atoms with van der Waals surface area (Å²) in [7, 11) is 4.32. The van der Waals surface area contributed by atoms with Gasteiger partial charge in [-0.25, -0.2) is 14.5 Å². The van der Waals surface area contributed by atoms with Gasteiger partial charge < -0.3 is 10.1 Å². The van der Waals surface area contributed by atoms with Gasteiger partial charge in [-0.1, -0.05) is 47.1 Å². The minimum atomic E-state index is -0.781. The Morgan fingerprint density at radius 1 is 1.09 bits per heavy atom. The molecule has 0 spiro atoms. The highest BCUT2D eigenvalue weighted by molar-refractivity contribution is 6.36. The normalized spacial score (nSPS) is 16.1. The fraction of sp³-hybridized carbons (Fsp3) is 0.312. The lowest BCUT2D eigenvalue weighted by molar-refractivity contribution is 0.0860. The van der Waals surface area contributed by atoms with Crippen LogP contribution >= 0.6 is 11.6 Å². The van der Waals surface area contributed by atoms with E-state index < -0.39 is 17.2 Å². The van der Waals surface area contributed by atoms with E-state index in [2.05, 4.69) is 42.0 Å². The number of likely N-dealkylation sites (tertiary alicyclic amines) is 1. The first kappa shape index (κ1) is 30.4. The third-order valence-corrected chi connectivity index (χ3v) is 9.49. The number of halogens is 1. The van der Waals surface area contributed by atoms with E-state index >= 15 is 0 Å². The number of fused-ring (bicyclic) bond motifs is 1. The number of aromatic amines is 1. The zero-order chi connectivity index (χ0) is 33.0. The molecule has 4 heterocycles. The summed E-state index contributed by atoms with van der Waals surface area (Å²) in [6.45, 7) is 3.55. The molecule has 0 saturated carbocycles. The van der Waals surface area contributed by atoms with Crippen LogP contribution in [-0.2, 0) is 20.5 Å². The molecule has 14 nitrogen and oxygen atoms in total. The molecule has 1 atom stereocenters. The first-order chi connectivity index (χ1) is 22.7. The molecule has 240 valence electrons. The van der Waals surface area contributed by atoms with Crippen LogP contribution in [0.25, 0.3) is 22.4 Å². The molecule has 2 aliphatic rings. The minimum Gasteiger partial charge on any atom is -0.481 e. The molecule has 1 fully saturated rings. The number of amides is 1. The molecule has 1 amide bonds. The molecule has 0 radical (unpaired) electrons. The quantitative estimate of drug-likeness (QED) is 0.266. The van der Waals surface area contributed by atoms with Crippen LogP contribution < -0.4 is 21.3 Å². The summed E-state index contributed by atoms with van der Waals surface area (Å²) in [5.41, 5.74) is 4.70. The molecular formula is C32H31ClN10O4. The van der Waals surface area contributed by atoms with Crippen LogP contribution in [0.15, 0.2) is 52.1 Å². The number of aryl methyl sites for hydroxylation is 2. The second kappa shape index (κ2) is 11.9. The van der Waals surface area contributed by atoms with E-state index in [0.717, 1.165) is 68.8 Å². The molecular weight excluding hydrogens is 624 g/mol. The number of tetrazole rings is 1. The van der Waals surface area contributed by atoms with Gasteiger partial charge in [0, 0.05) is 61.5 Å². The average Bonchev–Trinajstić information content (AvgIpc) is 3.73. The van der Waals surface area contributed by atoms with Gasteiger partial charge in [0.1, 0.15) is 0 Å². The third-order valence-electron chi connectivity index (χ3n) is 9.08. The van der Waals surface area contributed by atoms with E-state index in [9.17, 15) is 14.4 Å². The molecule has 1 aliphatic heterocycles. The molecule has 1 unspecified atom stereocenters. The smallest absolute Gasteiger partial charge is 0.346 e. The Morgan fingerprint density at radius 2 is 1.83 bits per heavy atom. The summed E-state index contributed by atoms with van der Waals surface area (Å²) in [4.78, 5) is 45.1. The fourth-order valence-electron chi connectivity index (χ4n) is 6.54.